The zero-order valence-corrected chi connectivity index (χ0v) is 12.2. The van der Waals surface area contributed by atoms with Crippen LogP contribution < -0.4 is 16.0 Å². The summed E-state index contributed by atoms with van der Waals surface area (Å²) in [7, 11) is 1.59. The highest BCUT2D eigenvalue weighted by Crippen LogP contribution is 2.25. The Hall–Kier alpha value is -2.31. The van der Waals surface area contributed by atoms with Gasteiger partial charge in [-0.25, -0.2) is 14.8 Å². The van der Waals surface area contributed by atoms with E-state index in [0.717, 1.165) is 28.1 Å². The number of hydrogen-bond acceptors (Lipinski definition) is 4. The summed E-state index contributed by atoms with van der Waals surface area (Å²) in [6.45, 7) is 7.04. The minimum Gasteiger partial charge on any atom is -0.368 e. The molecule has 0 unspecified atom stereocenters. The van der Waals surface area contributed by atoms with Gasteiger partial charge < -0.3 is 20.9 Å². The molecule has 7 heteroatoms. The Morgan fingerprint density at radius 2 is 1.95 bits per heavy atom. The Balaban J connectivity index is 2.15. The van der Waals surface area contributed by atoms with Gasteiger partial charge in [-0.15, -0.1) is 0 Å². The summed E-state index contributed by atoms with van der Waals surface area (Å²) in [6, 6.07) is -0.190. The van der Waals surface area contributed by atoms with Crippen LogP contribution in [0.1, 0.15) is 17.1 Å². The zero-order valence-electron chi connectivity index (χ0n) is 12.2. The predicted molar refractivity (Wildman–Crippen MR) is 79.0 cm³/mol. The van der Waals surface area contributed by atoms with Crippen molar-refractivity contribution in [2.45, 2.75) is 20.8 Å². The van der Waals surface area contributed by atoms with E-state index < -0.39 is 0 Å². The number of nitrogens with one attached hydrogen (secondary N) is 4. The van der Waals surface area contributed by atoms with Gasteiger partial charge in [0.1, 0.15) is 17.3 Å². The van der Waals surface area contributed by atoms with E-state index in [4.69, 9.17) is 0 Å². The van der Waals surface area contributed by atoms with Gasteiger partial charge in [0.05, 0.1) is 5.39 Å². The molecule has 0 bridgehead atoms. The first-order valence-corrected chi connectivity index (χ1v) is 6.56. The predicted octanol–water partition coefficient (Wildman–Crippen LogP) is 1.22. The van der Waals surface area contributed by atoms with Gasteiger partial charge in [-0.2, -0.15) is 0 Å². The number of aromatic nitrogens is 3. The number of carbonyl (C=O) groups is 1. The maximum atomic E-state index is 11.1. The largest absolute Gasteiger partial charge is 0.368 e. The van der Waals surface area contributed by atoms with Crippen LogP contribution in [0.4, 0.5) is 10.6 Å². The highest BCUT2D eigenvalue weighted by molar-refractivity contribution is 5.91. The minimum absolute atomic E-state index is 0.190. The van der Waals surface area contributed by atoms with E-state index in [2.05, 4.69) is 30.9 Å². The quantitative estimate of drug-likeness (QED) is 0.632. The van der Waals surface area contributed by atoms with Crippen molar-refractivity contribution in [2.24, 2.45) is 0 Å². The van der Waals surface area contributed by atoms with Crippen LogP contribution in [0.2, 0.25) is 0 Å². The molecule has 7 nitrogen and oxygen atoms in total. The molecule has 0 aliphatic rings. The van der Waals surface area contributed by atoms with Crippen molar-refractivity contribution in [1.29, 1.82) is 0 Å². The van der Waals surface area contributed by atoms with Crippen LogP contribution >= 0.6 is 0 Å². The number of nitrogens with zero attached hydrogens (tertiary/aromatic N) is 2. The standard InChI is InChI=1S/C13H20N6O/c1-7-8(2)17-12-10(7)11(18-9(3)19-12)15-5-6-16-13(20)14-4/h5-6H2,1-4H3,(H2,14,16,20)(H2,15,17,18,19). The van der Waals surface area contributed by atoms with Crippen LogP contribution in [0.25, 0.3) is 11.0 Å². The molecule has 0 saturated heterocycles. The van der Waals surface area contributed by atoms with E-state index in [1.807, 2.05) is 20.8 Å². The molecular formula is C13H20N6O. The van der Waals surface area contributed by atoms with E-state index in [1.165, 1.54) is 0 Å². The van der Waals surface area contributed by atoms with Crippen LogP contribution in [0.15, 0.2) is 0 Å². The molecule has 0 aromatic carbocycles. The second-order valence-corrected chi connectivity index (χ2v) is 4.65. The molecule has 0 saturated carbocycles. The number of fused-ring (bicyclic) bond motifs is 1. The number of amides is 2. The normalized spacial score (nSPS) is 10.6. The van der Waals surface area contributed by atoms with Crippen LogP contribution in [-0.2, 0) is 0 Å². The highest BCUT2D eigenvalue weighted by Gasteiger charge is 2.12. The van der Waals surface area contributed by atoms with Crippen molar-refractivity contribution in [1.82, 2.24) is 25.6 Å². The average Bonchev–Trinajstić information content (AvgIpc) is 2.69. The number of H-pyrrole nitrogens is 1. The molecule has 0 radical (unpaired) electrons. The second kappa shape index (κ2) is 5.77. The lowest BCUT2D eigenvalue weighted by atomic mass is 10.2. The van der Waals surface area contributed by atoms with Gasteiger partial charge in [0.15, 0.2) is 0 Å². The molecule has 0 atom stereocenters. The van der Waals surface area contributed by atoms with Gasteiger partial charge >= 0.3 is 6.03 Å². The van der Waals surface area contributed by atoms with E-state index >= 15 is 0 Å². The van der Waals surface area contributed by atoms with Crippen LogP contribution in [-0.4, -0.2) is 41.1 Å². The number of aryl methyl sites for hydroxylation is 3. The van der Waals surface area contributed by atoms with Crippen molar-refractivity contribution in [2.75, 3.05) is 25.5 Å². The molecule has 0 fully saturated rings. The molecule has 0 spiro atoms. The third-order valence-electron chi connectivity index (χ3n) is 3.19. The van der Waals surface area contributed by atoms with Crippen LogP contribution in [0.5, 0.6) is 0 Å². The first kappa shape index (κ1) is 14.1. The monoisotopic (exact) mass is 276 g/mol. The second-order valence-electron chi connectivity index (χ2n) is 4.65. The topological polar surface area (TPSA) is 94.7 Å². The Morgan fingerprint density at radius 1 is 1.20 bits per heavy atom. The van der Waals surface area contributed by atoms with Crippen molar-refractivity contribution < 1.29 is 4.79 Å². The summed E-state index contributed by atoms with van der Waals surface area (Å²) < 4.78 is 0. The van der Waals surface area contributed by atoms with Gasteiger partial charge in [-0.3, -0.25) is 0 Å². The molecule has 108 valence electrons. The van der Waals surface area contributed by atoms with Gasteiger partial charge in [0, 0.05) is 25.8 Å². The zero-order chi connectivity index (χ0) is 14.7. The highest BCUT2D eigenvalue weighted by atomic mass is 16.2. The van der Waals surface area contributed by atoms with Gasteiger partial charge in [0.2, 0.25) is 0 Å². The molecule has 2 amide bonds. The summed E-state index contributed by atoms with van der Waals surface area (Å²) in [6.07, 6.45) is 0. The molecule has 2 heterocycles. The lowest BCUT2D eigenvalue weighted by Gasteiger charge is -2.09. The lowest BCUT2D eigenvalue weighted by Crippen LogP contribution is -2.35. The SMILES string of the molecule is CNC(=O)NCCNc1nc(C)nc2[nH]c(C)c(C)c12. The Morgan fingerprint density at radius 3 is 2.65 bits per heavy atom. The fourth-order valence-corrected chi connectivity index (χ4v) is 2.05. The van der Waals surface area contributed by atoms with Crippen molar-refractivity contribution in [3.05, 3.63) is 17.1 Å². The first-order chi connectivity index (χ1) is 9.52. The third kappa shape index (κ3) is 2.81. The molecule has 2 rings (SSSR count). The number of rotatable bonds is 4. The number of urea groups is 1. The Labute approximate surface area is 117 Å². The number of carbonyl (C=O) groups excluding carboxylic acids is 1. The Bertz CT molecular complexity index is 633. The van der Waals surface area contributed by atoms with E-state index in [0.29, 0.717) is 18.9 Å². The van der Waals surface area contributed by atoms with E-state index in [1.54, 1.807) is 7.05 Å². The maximum Gasteiger partial charge on any atom is 0.314 e. The summed E-state index contributed by atoms with van der Waals surface area (Å²) in [5.41, 5.74) is 3.07. The summed E-state index contributed by atoms with van der Waals surface area (Å²) in [4.78, 5) is 23.2. The number of aromatic amines is 1. The molecule has 0 aliphatic carbocycles. The van der Waals surface area contributed by atoms with E-state index in [9.17, 15) is 4.79 Å². The smallest absolute Gasteiger partial charge is 0.314 e. The average molecular weight is 276 g/mol. The van der Waals surface area contributed by atoms with Gasteiger partial charge in [0.25, 0.3) is 0 Å². The van der Waals surface area contributed by atoms with Crippen molar-refractivity contribution >= 4 is 22.9 Å². The molecule has 4 N–H and O–H groups in total. The lowest BCUT2D eigenvalue weighted by molar-refractivity contribution is 0.243. The van der Waals surface area contributed by atoms with Crippen molar-refractivity contribution in [3.8, 4) is 0 Å². The fourth-order valence-electron chi connectivity index (χ4n) is 2.05. The van der Waals surface area contributed by atoms with Crippen molar-refractivity contribution in [3.63, 3.8) is 0 Å². The number of anilines is 1. The minimum atomic E-state index is -0.190. The van der Waals surface area contributed by atoms with Gasteiger partial charge in [-0.05, 0) is 26.3 Å². The fraction of sp³-hybridized carbons (Fsp3) is 0.462. The third-order valence-corrected chi connectivity index (χ3v) is 3.19. The summed E-state index contributed by atoms with van der Waals surface area (Å²) in [5, 5.41) is 9.48. The van der Waals surface area contributed by atoms with Crippen LogP contribution in [0, 0.1) is 20.8 Å². The Kier molecular flexibility index (Phi) is 4.07. The molecule has 0 aliphatic heterocycles. The maximum absolute atomic E-state index is 11.1. The first-order valence-electron chi connectivity index (χ1n) is 6.56. The van der Waals surface area contributed by atoms with E-state index in [-0.39, 0.29) is 6.03 Å². The van der Waals surface area contributed by atoms with Crippen LogP contribution in [0.3, 0.4) is 0 Å². The number of hydrogen-bond donors (Lipinski definition) is 4. The summed E-state index contributed by atoms with van der Waals surface area (Å²) >= 11 is 0. The molecule has 20 heavy (non-hydrogen) atoms. The molecule has 2 aromatic heterocycles. The summed E-state index contributed by atoms with van der Waals surface area (Å²) in [5.74, 6) is 1.51. The molecular weight excluding hydrogens is 256 g/mol. The molecule has 2 aromatic rings. The van der Waals surface area contributed by atoms with Gasteiger partial charge in [-0.1, -0.05) is 0 Å².